The molecule has 0 aliphatic heterocycles. The van der Waals surface area contributed by atoms with E-state index in [0.29, 0.717) is 6.42 Å². The van der Waals surface area contributed by atoms with Crippen molar-refractivity contribution >= 4 is 48.9 Å². The highest BCUT2D eigenvalue weighted by Crippen LogP contribution is 2.45. The zero-order chi connectivity index (χ0) is 27.1. The molecule has 0 bridgehead atoms. The average molecular weight is 513 g/mol. The van der Waals surface area contributed by atoms with E-state index in [2.05, 4.69) is 104 Å². The number of rotatable bonds is 4. The highest BCUT2D eigenvalue weighted by atomic mass is 19.1. The largest absolute Gasteiger partial charge is 0.306 e. The predicted octanol–water partition coefficient (Wildman–Crippen LogP) is 9.89. The van der Waals surface area contributed by atoms with Crippen molar-refractivity contribution in [1.29, 1.82) is 0 Å². The molecule has 3 heteroatoms. The summed E-state index contributed by atoms with van der Waals surface area (Å²) in [5, 5.41) is 7.40. The molecule has 2 nitrogen and oxygen atoms in total. The number of benzene rings is 4. The molecular formula is C36H33FN2. The molecule has 4 aromatic carbocycles. The number of para-hydroxylation sites is 1. The molecule has 0 unspecified atom stereocenters. The molecule has 3 aromatic heterocycles. The molecule has 0 spiro atoms. The molecule has 0 aliphatic rings. The summed E-state index contributed by atoms with van der Waals surface area (Å²) in [5.74, 6) is 0. The minimum absolute atomic E-state index is 0.0118. The Balaban J connectivity index is 1.63. The summed E-state index contributed by atoms with van der Waals surface area (Å²) >= 11 is 0. The van der Waals surface area contributed by atoms with Crippen molar-refractivity contribution in [2.45, 2.75) is 46.5 Å². The van der Waals surface area contributed by atoms with E-state index in [1.807, 2.05) is 20.0 Å². The van der Waals surface area contributed by atoms with E-state index in [1.54, 1.807) is 0 Å². The number of hydrogen-bond donors (Lipinski definition) is 0. The molecule has 0 fully saturated rings. The monoisotopic (exact) mass is 512 g/mol. The van der Waals surface area contributed by atoms with Crippen LogP contribution in [0.15, 0.2) is 85.1 Å². The van der Waals surface area contributed by atoms with Crippen molar-refractivity contribution in [3.63, 3.8) is 0 Å². The number of fused-ring (bicyclic) bond motifs is 7. The molecule has 7 rings (SSSR count). The molecule has 0 N–H and O–H groups in total. The minimum Gasteiger partial charge on any atom is -0.306 e. The number of pyridine rings is 1. The van der Waals surface area contributed by atoms with Crippen molar-refractivity contribution in [1.82, 2.24) is 9.38 Å². The van der Waals surface area contributed by atoms with E-state index in [9.17, 15) is 4.39 Å². The van der Waals surface area contributed by atoms with Crippen molar-refractivity contribution in [2.75, 3.05) is 6.67 Å². The minimum atomic E-state index is -0.417. The standard InChI is InChI=1S/C36H33FN2/c1-35(2,3)29-19-24(18-22-10-6-7-11-25(22)29)32-34-27(16-17-38-32)26-15-14-23(20-36(4,5)21-37)31-28-12-8-9-13-30(28)39(34)33(26)31/h6-19H,20-21H2,1-5H3. The Morgan fingerprint density at radius 1 is 0.744 bits per heavy atom. The zero-order valence-electron chi connectivity index (χ0n) is 23.3. The maximum atomic E-state index is 13.9. The van der Waals surface area contributed by atoms with E-state index in [4.69, 9.17) is 4.98 Å². The van der Waals surface area contributed by atoms with Gasteiger partial charge < -0.3 is 4.40 Å². The molecule has 0 saturated carbocycles. The molecule has 0 aliphatic carbocycles. The zero-order valence-corrected chi connectivity index (χ0v) is 23.3. The highest BCUT2D eigenvalue weighted by Gasteiger charge is 2.26. The van der Waals surface area contributed by atoms with Gasteiger partial charge in [0.1, 0.15) is 0 Å². The Bertz CT molecular complexity index is 2040. The summed E-state index contributed by atoms with van der Waals surface area (Å²) in [6.45, 7) is 10.5. The maximum absolute atomic E-state index is 13.9. The van der Waals surface area contributed by atoms with Crippen LogP contribution in [0, 0.1) is 5.41 Å². The number of hydrogen-bond acceptors (Lipinski definition) is 1. The third-order valence-electron chi connectivity index (χ3n) is 8.31. The van der Waals surface area contributed by atoms with Gasteiger partial charge in [0.25, 0.3) is 0 Å². The van der Waals surface area contributed by atoms with Crippen LogP contribution in [0.3, 0.4) is 0 Å². The smallest absolute Gasteiger partial charge is 0.0949 e. The van der Waals surface area contributed by atoms with Crippen molar-refractivity contribution in [3.8, 4) is 11.3 Å². The van der Waals surface area contributed by atoms with Gasteiger partial charge in [0.05, 0.1) is 28.9 Å². The highest BCUT2D eigenvalue weighted by molar-refractivity contribution is 6.25. The van der Waals surface area contributed by atoms with Crippen molar-refractivity contribution < 1.29 is 4.39 Å². The van der Waals surface area contributed by atoms with Gasteiger partial charge in [-0.1, -0.05) is 89.2 Å². The third kappa shape index (κ3) is 3.56. The molecule has 7 aromatic rings. The molecule has 3 heterocycles. The van der Waals surface area contributed by atoms with Crippen molar-refractivity contribution in [2.24, 2.45) is 5.41 Å². The van der Waals surface area contributed by atoms with Crippen LogP contribution in [0.5, 0.6) is 0 Å². The Morgan fingerprint density at radius 3 is 2.23 bits per heavy atom. The third-order valence-corrected chi connectivity index (χ3v) is 8.31. The van der Waals surface area contributed by atoms with E-state index in [0.717, 1.165) is 16.8 Å². The lowest BCUT2D eigenvalue weighted by molar-refractivity contribution is 0.257. The Labute approximate surface area is 228 Å². The summed E-state index contributed by atoms with van der Waals surface area (Å²) < 4.78 is 16.3. The molecule has 0 atom stereocenters. The van der Waals surface area contributed by atoms with Crippen LogP contribution in [0.2, 0.25) is 0 Å². The van der Waals surface area contributed by atoms with Gasteiger partial charge in [-0.05, 0) is 63.4 Å². The van der Waals surface area contributed by atoms with E-state index in [-0.39, 0.29) is 12.1 Å². The lowest BCUT2D eigenvalue weighted by Gasteiger charge is -2.23. The van der Waals surface area contributed by atoms with Crippen LogP contribution in [-0.2, 0) is 11.8 Å². The van der Waals surface area contributed by atoms with Crippen LogP contribution in [0.25, 0.3) is 60.1 Å². The van der Waals surface area contributed by atoms with Gasteiger partial charge in [-0.3, -0.25) is 9.37 Å². The van der Waals surface area contributed by atoms with Gasteiger partial charge in [0, 0.05) is 33.3 Å². The first kappa shape index (κ1) is 24.1. The van der Waals surface area contributed by atoms with E-state index in [1.165, 1.54) is 54.5 Å². The molecule has 194 valence electrons. The van der Waals surface area contributed by atoms with Gasteiger partial charge in [0.2, 0.25) is 0 Å². The van der Waals surface area contributed by atoms with E-state index >= 15 is 0 Å². The molecule has 0 amide bonds. The fourth-order valence-corrected chi connectivity index (χ4v) is 6.50. The molecule has 39 heavy (non-hydrogen) atoms. The van der Waals surface area contributed by atoms with Crippen LogP contribution < -0.4 is 0 Å². The van der Waals surface area contributed by atoms with Crippen LogP contribution >= 0.6 is 0 Å². The topological polar surface area (TPSA) is 17.3 Å². The Hall–Kier alpha value is -3.98. The number of aromatic nitrogens is 2. The van der Waals surface area contributed by atoms with Crippen molar-refractivity contribution in [3.05, 3.63) is 96.2 Å². The first-order valence-corrected chi connectivity index (χ1v) is 13.8. The van der Waals surface area contributed by atoms with Crippen LogP contribution in [0.1, 0.15) is 45.7 Å². The maximum Gasteiger partial charge on any atom is 0.0949 e. The summed E-state index contributed by atoms with van der Waals surface area (Å²) in [4.78, 5) is 5.03. The number of alkyl halides is 1. The summed E-state index contributed by atoms with van der Waals surface area (Å²) in [6.07, 6.45) is 2.63. The predicted molar refractivity (Wildman–Crippen MR) is 164 cm³/mol. The first-order valence-electron chi connectivity index (χ1n) is 13.8. The second kappa shape index (κ2) is 8.26. The average Bonchev–Trinajstić information content (AvgIpc) is 3.44. The summed E-state index contributed by atoms with van der Waals surface area (Å²) in [6, 6.07) is 28.5. The lowest BCUT2D eigenvalue weighted by Crippen LogP contribution is -2.17. The van der Waals surface area contributed by atoms with Gasteiger partial charge in [0.15, 0.2) is 0 Å². The van der Waals surface area contributed by atoms with Gasteiger partial charge in [-0.2, -0.15) is 0 Å². The quantitative estimate of drug-likeness (QED) is 0.229. The normalized spacial score (nSPS) is 13.1. The summed E-state index contributed by atoms with van der Waals surface area (Å²) in [5.41, 5.74) is 7.74. The lowest BCUT2D eigenvalue weighted by atomic mass is 9.82. The van der Waals surface area contributed by atoms with E-state index < -0.39 is 5.41 Å². The summed E-state index contributed by atoms with van der Waals surface area (Å²) in [7, 11) is 0. The molecule has 0 radical (unpaired) electrons. The second-order valence-corrected chi connectivity index (χ2v) is 12.9. The van der Waals surface area contributed by atoms with Crippen LogP contribution in [-0.4, -0.2) is 16.1 Å². The van der Waals surface area contributed by atoms with Crippen LogP contribution in [0.4, 0.5) is 4.39 Å². The fraction of sp³-hybridized carbons (Fsp3) is 0.250. The fourth-order valence-electron chi connectivity index (χ4n) is 6.50. The number of halogens is 1. The molecular weight excluding hydrogens is 479 g/mol. The first-order chi connectivity index (χ1) is 18.7. The molecule has 0 saturated heterocycles. The Kier molecular flexibility index (Phi) is 5.10. The Morgan fingerprint density at radius 2 is 1.46 bits per heavy atom. The van der Waals surface area contributed by atoms with Gasteiger partial charge >= 0.3 is 0 Å². The SMILES string of the molecule is CC(C)(CF)Cc1ccc2c3ccnc(-c4cc(C(C)(C)C)c5ccccc5c4)c3n3c4ccccc4c1c23. The van der Waals surface area contributed by atoms with Gasteiger partial charge in [-0.25, -0.2) is 0 Å². The second-order valence-electron chi connectivity index (χ2n) is 12.9. The number of nitrogens with zero attached hydrogens (tertiary/aromatic N) is 2. The van der Waals surface area contributed by atoms with Gasteiger partial charge in [-0.15, -0.1) is 0 Å².